The molecule has 0 fully saturated rings. The Kier molecular flexibility index (Phi) is 3.71. The lowest BCUT2D eigenvalue weighted by Gasteiger charge is -2.07. The smallest absolute Gasteiger partial charge is 0.0715 e. The zero-order valence-electron chi connectivity index (χ0n) is 8.34. The van der Waals surface area contributed by atoms with Gasteiger partial charge in [-0.2, -0.15) is 0 Å². The van der Waals surface area contributed by atoms with Crippen LogP contribution in [0.3, 0.4) is 0 Å². The second kappa shape index (κ2) is 4.83. The van der Waals surface area contributed by atoms with Crippen molar-refractivity contribution in [2.24, 2.45) is 0 Å². The number of allylic oxidation sites excluding steroid dienone is 1. The average molecular weight is 176 g/mol. The first-order chi connectivity index (χ1) is 6.27. The fourth-order valence-electron chi connectivity index (χ4n) is 1.40. The standard InChI is InChI=1S/C12H16O/c1-4-5-11-8-10(2)6-7-12(11)9-13-3/h4,6-8H,1,5,9H2,2-3H3. The summed E-state index contributed by atoms with van der Waals surface area (Å²) in [5, 5.41) is 0. The topological polar surface area (TPSA) is 9.23 Å². The molecule has 0 N–H and O–H groups in total. The molecule has 0 bridgehead atoms. The largest absolute Gasteiger partial charge is 0.380 e. The van der Waals surface area contributed by atoms with Gasteiger partial charge in [-0.1, -0.05) is 29.8 Å². The summed E-state index contributed by atoms with van der Waals surface area (Å²) in [5.41, 5.74) is 3.86. The molecular formula is C12H16O. The van der Waals surface area contributed by atoms with Crippen LogP contribution in [0.1, 0.15) is 16.7 Å². The quantitative estimate of drug-likeness (QED) is 0.641. The van der Waals surface area contributed by atoms with Crippen molar-refractivity contribution in [2.45, 2.75) is 20.0 Å². The summed E-state index contributed by atoms with van der Waals surface area (Å²) >= 11 is 0. The summed E-state index contributed by atoms with van der Waals surface area (Å²) in [6.07, 6.45) is 2.84. The first-order valence-electron chi connectivity index (χ1n) is 4.46. The van der Waals surface area contributed by atoms with E-state index in [9.17, 15) is 0 Å². The van der Waals surface area contributed by atoms with E-state index >= 15 is 0 Å². The monoisotopic (exact) mass is 176 g/mol. The lowest BCUT2D eigenvalue weighted by Crippen LogP contribution is -1.95. The maximum absolute atomic E-state index is 5.12. The molecule has 0 spiro atoms. The highest BCUT2D eigenvalue weighted by Crippen LogP contribution is 2.13. The van der Waals surface area contributed by atoms with Crippen molar-refractivity contribution >= 4 is 0 Å². The molecule has 1 nitrogen and oxygen atoms in total. The number of methoxy groups -OCH3 is 1. The van der Waals surface area contributed by atoms with E-state index in [0.717, 1.165) is 6.42 Å². The van der Waals surface area contributed by atoms with Crippen molar-refractivity contribution in [3.63, 3.8) is 0 Å². The van der Waals surface area contributed by atoms with E-state index in [0.29, 0.717) is 6.61 Å². The third-order valence-corrected chi connectivity index (χ3v) is 2.03. The van der Waals surface area contributed by atoms with Gasteiger partial charge in [0.15, 0.2) is 0 Å². The number of hydrogen-bond acceptors (Lipinski definition) is 1. The molecule has 0 saturated heterocycles. The van der Waals surface area contributed by atoms with E-state index in [2.05, 4.69) is 31.7 Å². The van der Waals surface area contributed by atoms with Gasteiger partial charge >= 0.3 is 0 Å². The Morgan fingerprint density at radius 2 is 2.15 bits per heavy atom. The molecule has 0 aliphatic heterocycles. The maximum Gasteiger partial charge on any atom is 0.0715 e. The summed E-state index contributed by atoms with van der Waals surface area (Å²) in [5.74, 6) is 0. The van der Waals surface area contributed by atoms with Crippen LogP contribution in [-0.2, 0) is 17.8 Å². The molecule has 0 aliphatic rings. The van der Waals surface area contributed by atoms with Gasteiger partial charge in [-0.3, -0.25) is 0 Å². The molecule has 0 aromatic heterocycles. The fraction of sp³-hybridized carbons (Fsp3) is 0.333. The Hall–Kier alpha value is -1.08. The molecule has 0 unspecified atom stereocenters. The molecule has 0 aliphatic carbocycles. The zero-order chi connectivity index (χ0) is 9.68. The summed E-state index contributed by atoms with van der Waals surface area (Å²) in [6.45, 7) is 6.53. The molecule has 0 atom stereocenters. The van der Waals surface area contributed by atoms with Gasteiger partial charge < -0.3 is 4.74 Å². The molecule has 0 radical (unpaired) electrons. The molecule has 0 saturated carbocycles. The number of hydrogen-bond donors (Lipinski definition) is 0. The van der Waals surface area contributed by atoms with Crippen LogP contribution in [0.5, 0.6) is 0 Å². The Labute approximate surface area is 80.0 Å². The second-order valence-corrected chi connectivity index (χ2v) is 3.20. The van der Waals surface area contributed by atoms with Crippen LogP contribution >= 0.6 is 0 Å². The second-order valence-electron chi connectivity index (χ2n) is 3.20. The van der Waals surface area contributed by atoms with E-state index in [-0.39, 0.29) is 0 Å². The van der Waals surface area contributed by atoms with E-state index < -0.39 is 0 Å². The SMILES string of the molecule is C=CCc1cc(C)ccc1COC. The lowest BCUT2D eigenvalue weighted by molar-refractivity contribution is 0.184. The average Bonchev–Trinajstić information content (AvgIpc) is 2.10. The third kappa shape index (κ3) is 2.71. The van der Waals surface area contributed by atoms with E-state index in [1.807, 2.05) is 6.08 Å². The summed E-state index contributed by atoms with van der Waals surface area (Å²) in [7, 11) is 1.72. The highest BCUT2D eigenvalue weighted by atomic mass is 16.5. The van der Waals surface area contributed by atoms with Gasteiger partial charge in [0, 0.05) is 7.11 Å². The molecule has 1 rings (SSSR count). The van der Waals surface area contributed by atoms with Gasteiger partial charge in [0.05, 0.1) is 6.61 Å². The molecule has 13 heavy (non-hydrogen) atoms. The molecule has 1 aromatic rings. The molecule has 1 aromatic carbocycles. The molecule has 0 amide bonds. The number of benzene rings is 1. The Balaban J connectivity index is 2.95. The fourth-order valence-corrected chi connectivity index (χ4v) is 1.40. The highest BCUT2D eigenvalue weighted by Gasteiger charge is 2.00. The Bertz CT molecular complexity index is 289. The van der Waals surface area contributed by atoms with Gasteiger partial charge in [-0.25, -0.2) is 0 Å². The minimum atomic E-state index is 0.684. The Morgan fingerprint density at radius 3 is 2.77 bits per heavy atom. The van der Waals surface area contributed by atoms with Crippen LogP contribution in [-0.4, -0.2) is 7.11 Å². The van der Waals surface area contributed by atoms with Crippen LogP contribution in [0.4, 0.5) is 0 Å². The van der Waals surface area contributed by atoms with Crippen molar-refractivity contribution < 1.29 is 4.74 Å². The Morgan fingerprint density at radius 1 is 1.38 bits per heavy atom. The molecule has 1 heteroatoms. The zero-order valence-corrected chi connectivity index (χ0v) is 8.34. The first-order valence-corrected chi connectivity index (χ1v) is 4.46. The number of rotatable bonds is 4. The van der Waals surface area contributed by atoms with Crippen LogP contribution < -0.4 is 0 Å². The minimum Gasteiger partial charge on any atom is -0.380 e. The van der Waals surface area contributed by atoms with Gasteiger partial charge in [-0.05, 0) is 24.5 Å². The van der Waals surface area contributed by atoms with Crippen LogP contribution in [0.15, 0.2) is 30.9 Å². The summed E-state index contributed by atoms with van der Waals surface area (Å²) in [6, 6.07) is 6.43. The predicted octanol–water partition coefficient (Wildman–Crippen LogP) is 2.87. The lowest BCUT2D eigenvalue weighted by atomic mass is 10.0. The molecule has 0 heterocycles. The van der Waals surface area contributed by atoms with Crippen molar-refractivity contribution in [3.05, 3.63) is 47.5 Å². The molecular weight excluding hydrogens is 160 g/mol. The van der Waals surface area contributed by atoms with Gasteiger partial charge in [0.1, 0.15) is 0 Å². The van der Waals surface area contributed by atoms with E-state index in [4.69, 9.17) is 4.74 Å². The van der Waals surface area contributed by atoms with Crippen molar-refractivity contribution in [2.75, 3.05) is 7.11 Å². The van der Waals surface area contributed by atoms with E-state index in [1.54, 1.807) is 7.11 Å². The minimum absolute atomic E-state index is 0.684. The third-order valence-electron chi connectivity index (χ3n) is 2.03. The number of ether oxygens (including phenoxy) is 1. The first kappa shape index (κ1) is 10.0. The van der Waals surface area contributed by atoms with Crippen LogP contribution in [0.2, 0.25) is 0 Å². The normalized spacial score (nSPS) is 10.0. The predicted molar refractivity (Wildman–Crippen MR) is 55.8 cm³/mol. The summed E-state index contributed by atoms with van der Waals surface area (Å²) < 4.78 is 5.12. The van der Waals surface area contributed by atoms with Crippen LogP contribution in [0.25, 0.3) is 0 Å². The molecule has 70 valence electrons. The van der Waals surface area contributed by atoms with Gasteiger partial charge in [0.25, 0.3) is 0 Å². The van der Waals surface area contributed by atoms with Gasteiger partial charge in [0.2, 0.25) is 0 Å². The number of aryl methyl sites for hydroxylation is 1. The van der Waals surface area contributed by atoms with Crippen molar-refractivity contribution in [1.82, 2.24) is 0 Å². The van der Waals surface area contributed by atoms with Crippen LogP contribution in [0, 0.1) is 6.92 Å². The van der Waals surface area contributed by atoms with Crippen molar-refractivity contribution in [1.29, 1.82) is 0 Å². The maximum atomic E-state index is 5.12. The van der Waals surface area contributed by atoms with Crippen molar-refractivity contribution in [3.8, 4) is 0 Å². The van der Waals surface area contributed by atoms with Gasteiger partial charge in [-0.15, -0.1) is 6.58 Å². The van der Waals surface area contributed by atoms with E-state index in [1.165, 1.54) is 16.7 Å². The summed E-state index contributed by atoms with van der Waals surface area (Å²) in [4.78, 5) is 0. The highest BCUT2D eigenvalue weighted by molar-refractivity contribution is 5.32.